The van der Waals surface area contributed by atoms with Gasteiger partial charge in [-0.05, 0) is 116 Å². The first-order valence-corrected chi connectivity index (χ1v) is 33.0. The molecule has 0 saturated heterocycles. The van der Waals surface area contributed by atoms with Gasteiger partial charge in [0.2, 0.25) is 0 Å². The Morgan fingerprint density at radius 1 is 0.372 bits per heavy atom. The number of phosphoric acid groups is 1. The predicted molar refractivity (Wildman–Crippen MR) is 325 cm³/mol. The number of allylic oxidation sites excluding steroid dienone is 14. The third-order valence-corrected chi connectivity index (χ3v) is 14.2. The van der Waals surface area contributed by atoms with Crippen molar-refractivity contribution in [3.05, 3.63) is 85.1 Å². The molecule has 3 unspecified atom stereocenters. The Morgan fingerprint density at radius 3 is 1.09 bits per heavy atom. The van der Waals surface area contributed by atoms with E-state index in [0.717, 1.165) is 96.3 Å². The quantitative estimate of drug-likeness (QED) is 0.0197. The minimum Gasteiger partial charge on any atom is -0.462 e. The lowest BCUT2D eigenvalue weighted by atomic mass is 10.1. The molecule has 2 N–H and O–H groups in total. The van der Waals surface area contributed by atoms with Gasteiger partial charge in [-0.1, -0.05) is 228 Å². The average molecular weight is 1120 g/mol. The number of phosphoric ester groups is 1. The van der Waals surface area contributed by atoms with E-state index >= 15 is 0 Å². The summed E-state index contributed by atoms with van der Waals surface area (Å²) in [5, 5.41) is 9.85. The second-order valence-electron chi connectivity index (χ2n) is 20.8. The largest absolute Gasteiger partial charge is 0.472 e. The van der Waals surface area contributed by atoms with Crippen LogP contribution in [0.2, 0.25) is 0 Å². The third-order valence-electron chi connectivity index (χ3n) is 13.3. The smallest absolute Gasteiger partial charge is 0.462 e. The zero-order valence-corrected chi connectivity index (χ0v) is 50.8. The number of carbonyl (C=O) groups excluding carboxylic acids is 3. The van der Waals surface area contributed by atoms with Crippen molar-refractivity contribution in [2.45, 2.75) is 290 Å². The highest BCUT2D eigenvalue weighted by Crippen LogP contribution is 2.43. The maximum Gasteiger partial charge on any atom is 0.472 e. The van der Waals surface area contributed by atoms with E-state index in [9.17, 15) is 28.9 Å². The number of unbranched alkanes of at least 4 members (excludes halogenated alkanes) is 27. The van der Waals surface area contributed by atoms with Gasteiger partial charge in [0.15, 0.2) is 6.10 Å². The number of esters is 3. The van der Waals surface area contributed by atoms with Crippen molar-refractivity contribution < 1.29 is 52.2 Å². The third kappa shape index (κ3) is 57.3. The lowest BCUT2D eigenvalue weighted by Crippen LogP contribution is -2.30. The Kier molecular flexibility index (Phi) is 57.2. The zero-order chi connectivity index (χ0) is 56.9. The van der Waals surface area contributed by atoms with E-state index < -0.39 is 57.8 Å². The number of rotatable bonds is 58. The van der Waals surface area contributed by atoms with Crippen LogP contribution < -0.4 is 0 Å². The zero-order valence-electron chi connectivity index (χ0n) is 49.9. The molecule has 0 radical (unpaired) electrons. The Hall–Kier alpha value is -3.34. The van der Waals surface area contributed by atoms with Gasteiger partial charge in [-0.15, -0.1) is 0 Å². The topological polar surface area (TPSA) is 155 Å². The maximum atomic E-state index is 12.9. The molecule has 0 rings (SSSR count). The van der Waals surface area contributed by atoms with Gasteiger partial charge < -0.3 is 24.2 Å². The predicted octanol–water partition coefficient (Wildman–Crippen LogP) is 19.0. The van der Waals surface area contributed by atoms with E-state index in [-0.39, 0.29) is 25.9 Å². The van der Waals surface area contributed by atoms with E-state index in [1.54, 1.807) is 0 Å². The van der Waals surface area contributed by atoms with Gasteiger partial charge in [-0.25, -0.2) is 4.57 Å². The van der Waals surface area contributed by atoms with Crippen LogP contribution in [-0.4, -0.2) is 66.5 Å². The molecule has 0 aliphatic rings. The molecule has 450 valence electrons. The molecule has 0 aromatic carbocycles. The van der Waals surface area contributed by atoms with Crippen molar-refractivity contribution >= 4 is 25.7 Å². The van der Waals surface area contributed by atoms with Crippen LogP contribution in [0.15, 0.2) is 85.1 Å². The van der Waals surface area contributed by atoms with Gasteiger partial charge in [0.25, 0.3) is 0 Å². The Morgan fingerprint density at radius 2 is 0.667 bits per heavy atom. The van der Waals surface area contributed by atoms with Crippen molar-refractivity contribution in [2.75, 3.05) is 26.4 Å². The van der Waals surface area contributed by atoms with Crippen LogP contribution in [0.3, 0.4) is 0 Å². The lowest BCUT2D eigenvalue weighted by Gasteiger charge is -2.21. The second-order valence-corrected chi connectivity index (χ2v) is 22.3. The van der Waals surface area contributed by atoms with E-state index in [0.29, 0.717) is 19.3 Å². The van der Waals surface area contributed by atoms with Crippen LogP contribution in [-0.2, 0) is 42.2 Å². The standard InChI is InChI=1S/C66H115O11P/c1-4-7-10-13-16-19-22-25-28-30-31-33-36-39-42-45-48-51-54-57-66(70)77-63(59-73-64(68)55-52-49-46-43-40-37-34-27-24-21-18-15-12-9-6-3)61-75-78(71,72)74-60-62(58-67)76-65(69)56-53-50-47-44-41-38-35-32-29-26-23-20-17-14-11-8-5-2/h9,12,16,18-19,21,25-29,34,40,43,62-63,67H,4-8,10-11,13-15,17,20,22-24,30-33,35-39,41-42,44-61H2,1-3H3,(H,71,72)/b12-9-,19-16-,21-18-,28-25-,29-26-,34-27-,43-40-. The molecule has 0 aliphatic heterocycles. The molecular weight excluding hydrogens is 1000 g/mol. The summed E-state index contributed by atoms with van der Waals surface area (Å²) in [5.41, 5.74) is 0. The molecule has 12 heteroatoms. The summed E-state index contributed by atoms with van der Waals surface area (Å²) in [6, 6.07) is 0. The summed E-state index contributed by atoms with van der Waals surface area (Å²) in [7, 11) is -4.77. The molecule has 0 bridgehead atoms. The SMILES string of the molecule is CC/C=C\C/C=C\C/C=C\C/C=C\CCCCC(=O)OCC(COP(=O)(O)OCC(CO)OC(=O)CCCCCCCCC/C=C\CCCCCCCC)OC(=O)CCCCCCCCCCC/C=C\C/C=C\CCCCC. The highest BCUT2D eigenvalue weighted by Gasteiger charge is 2.28. The molecule has 11 nitrogen and oxygen atoms in total. The summed E-state index contributed by atoms with van der Waals surface area (Å²) in [5.74, 6) is -1.52. The first-order valence-electron chi connectivity index (χ1n) is 31.5. The summed E-state index contributed by atoms with van der Waals surface area (Å²) < 4.78 is 39.6. The van der Waals surface area contributed by atoms with E-state index in [1.165, 1.54) is 122 Å². The second kappa shape index (κ2) is 59.8. The highest BCUT2D eigenvalue weighted by atomic mass is 31.2. The molecule has 0 amide bonds. The minimum atomic E-state index is -4.77. The number of aliphatic hydroxyl groups is 1. The van der Waals surface area contributed by atoms with Gasteiger partial charge in [0.1, 0.15) is 12.7 Å². The fourth-order valence-corrected chi connectivity index (χ4v) is 9.27. The number of carbonyl (C=O) groups is 3. The Bertz CT molecular complexity index is 1630. The molecule has 0 spiro atoms. The number of hydrogen-bond acceptors (Lipinski definition) is 10. The minimum absolute atomic E-state index is 0.151. The first kappa shape index (κ1) is 74.7. The van der Waals surface area contributed by atoms with E-state index in [1.807, 2.05) is 0 Å². The molecule has 0 aromatic heterocycles. The lowest BCUT2D eigenvalue weighted by molar-refractivity contribution is -0.161. The van der Waals surface area contributed by atoms with Crippen LogP contribution in [0.1, 0.15) is 278 Å². The fraction of sp³-hybridized carbons (Fsp3) is 0.742. The normalized spacial score (nSPS) is 13.9. The summed E-state index contributed by atoms with van der Waals surface area (Å²) in [6.07, 6.45) is 69.6. The molecule has 0 saturated carbocycles. The molecule has 0 aliphatic carbocycles. The van der Waals surface area contributed by atoms with Gasteiger partial charge in [0.05, 0.1) is 19.8 Å². The summed E-state index contributed by atoms with van der Waals surface area (Å²) >= 11 is 0. The van der Waals surface area contributed by atoms with Gasteiger partial charge in [-0.2, -0.15) is 0 Å². The summed E-state index contributed by atoms with van der Waals surface area (Å²) in [4.78, 5) is 48.7. The molecule has 0 fully saturated rings. The van der Waals surface area contributed by atoms with Crippen molar-refractivity contribution in [3.8, 4) is 0 Å². The molecule has 0 heterocycles. The average Bonchev–Trinajstić information content (AvgIpc) is 3.43. The van der Waals surface area contributed by atoms with E-state index in [4.69, 9.17) is 23.3 Å². The first-order chi connectivity index (χ1) is 38.2. The van der Waals surface area contributed by atoms with Gasteiger partial charge in [-0.3, -0.25) is 23.4 Å². The number of ether oxygens (including phenoxy) is 3. The van der Waals surface area contributed by atoms with Gasteiger partial charge in [0, 0.05) is 19.3 Å². The molecule has 78 heavy (non-hydrogen) atoms. The number of hydrogen-bond donors (Lipinski definition) is 2. The molecular formula is C66H115O11P. The Balaban J connectivity index is 4.74. The van der Waals surface area contributed by atoms with Crippen LogP contribution in [0.5, 0.6) is 0 Å². The molecule has 0 aromatic rings. The monoisotopic (exact) mass is 1110 g/mol. The van der Waals surface area contributed by atoms with Crippen molar-refractivity contribution in [1.29, 1.82) is 0 Å². The van der Waals surface area contributed by atoms with E-state index in [2.05, 4.69) is 106 Å². The number of aliphatic hydroxyl groups excluding tert-OH is 1. The van der Waals surface area contributed by atoms with Crippen molar-refractivity contribution in [3.63, 3.8) is 0 Å². The van der Waals surface area contributed by atoms with Crippen molar-refractivity contribution in [2.24, 2.45) is 0 Å². The summed E-state index contributed by atoms with van der Waals surface area (Å²) in [6.45, 7) is 4.48. The fourth-order valence-electron chi connectivity index (χ4n) is 8.49. The Labute approximate surface area is 477 Å². The molecule has 3 atom stereocenters. The van der Waals surface area contributed by atoms with Crippen LogP contribution in [0.25, 0.3) is 0 Å². The van der Waals surface area contributed by atoms with Crippen LogP contribution in [0.4, 0.5) is 0 Å². The highest BCUT2D eigenvalue weighted by molar-refractivity contribution is 7.47. The van der Waals surface area contributed by atoms with Crippen LogP contribution in [0, 0.1) is 0 Å². The van der Waals surface area contributed by atoms with Gasteiger partial charge >= 0.3 is 25.7 Å². The van der Waals surface area contributed by atoms with Crippen LogP contribution >= 0.6 is 7.82 Å². The maximum absolute atomic E-state index is 12.9. The van der Waals surface area contributed by atoms with Crippen molar-refractivity contribution in [1.82, 2.24) is 0 Å².